The van der Waals surface area contributed by atoms with Gasteiger partial charge in [0.25, 0.3) is 0 Å². The monoisotopic (exact) mass is 1110 g/mol. The second-order valence-electron chi connectivity index (χ2n) is 28.2. The third-order valence-electron chi connectivity index (χ3n) is 24.5. The van der Waals surface area contributed by atoms with Crippen molar-refractivity contribution in [2.45, 2.75) is 150 Å². The van der Waals surface area contributed by atoms with Gasteiger partial charge in [-0.25, -0.2) is 0 Å². The molecule has 4 spiro atoms. The number of nitrogens with zero attached hydrogens (tertiary/aromatic N) is 2. The van der Waals surface area contributed by atoms with Crippen LogP contribution in [0.1, 0.15) is 173 Å². The van der Waals surface area contributed by atoms with Gasteiger partial charge >= 0.3 is 0 Å². The molecule has 20 rings (SSSR count). The van der Waals surface area contributed by atoms with Gasteiger partial charge in [0.05, 0.1) is 22.1 Å². The lowest BCUT2D eigenvalue weighted by Crippen LogP contribution is -2.28. The van der Waals surface area contributed by atoms with Gasteiger partial charge in [0, 0.05) is 54.6 Å². The molecule has 418 valence electrons. The van der Waals surface area contributed by atoms with Crippen LogP contribution in [0.4, 0.5) is 0 Å². The molecule has 8 aliphatic rings. The molecular weight excluding hydrogens is 1040 g/mol. The highest BCUT2D eigenvalue weighted by Gasteiger charge is 2.49. The van der Waals surface area contributed by atoms with Crippen LogP contribution >= 0.6 is 0 Å². The third kappa shape index (κ3) is 6.28. The van der Waals surface area contributed by atoms with Crippen molar-refractivity contribution in [2.75, 3.05) is 0 Å². The maximum atomic E-state index is 2.68. The summed E-state index contributed by atoms with van der Waals surface area (Å²) in [6.07, 6.45) is 25.5. The first-order valence-electron chi connectivity index (χ1n) is 33.5. The first kappa shape index (κ1) is 49.0. The van der Waals surface area contributed by atoms with Crippen LogP contribution in [0.25, 0.3) is 111 Å². The molecule has 0 saturated heterocycles. The number of benzene rings is 10. The van der Waals surface area contributed by atoms with E-state index in [1.54, 1.807) is 44.5 Å². The Bertz CT molecular complexity index is 4300. The zero-order valence-electron chi connectivity index (χ0n) is 49.5. The van der Waals surface area contributed by atoms with E-state index in [0.29, 0.717) is 0 Å². The van der Waals surface area contributed by atoms with E-state index in [9.17, 15) is 0 Å². The summed E-state index contributed by atoms with van der Waals surface area (Å²) in [6, 6.07) is 78.4. The van der Waals surface area contributed by atoms with Crippen molar-refractivity contribution < 1.29 is 0 Å². The van der Waals surface area contributed by atoms with Crippen molar-refractivity contribution in [3.63, 3.8) is 0 Å². The maximum Gasteiger partial charge on any atom is 0.0544 e. The molecule has 0 radical (unpaired) electrons. The quantitative estimate of drug-likeness (QED) is 0.167. The summed E-state index contributed by atoms with van der Waals surface area (Å²) in [5, 5.41) is 5.51. The lowest BCUT2D eigenvalue weighted by molar-refractivity contribution is 0.353. The fourth-order valence-electron chi connectivity index (χ4n) is 20.8. The Morgan fingerprint density at radius 1 is 0.209 bits per heavy atom. The summed E-state index contributed by atoms with van der Waals surface area (Å²) in [5.74, 6) is 0. The van der Waals surface area contributed by atoms with Gasteiger partial charge in [-0.2, -0.15) is 0 Å². The van der Waals surface area contributed by atoms with Gasteiger partial charge in [0.15, 0.2) is 0 Å². The van der Waals surface area contributed by atoms with Crippen molar-refractivity contribution >= 4 is 43.6 Å². The van der Waals surface area contributed by atoms with Crippen molar-refractivity contribution in [2.24, 2.45) is 0 Å². The molecule has 0 atom stereocenters. The second kappa shape index (κ2) is 17.7. The summed E-state index contributed by atoms with van der Waals surface area (Å²) in [5.41, 5.74) is 34.8. The summed E-state index contributed by atoms with van der Waals surface area (Å²) in [4.78, 5) is 0. The van der Waals surface area contributed by atoms with E-state index >= 15 is 0 Å². The van der Waals surface area contributed by atoms with Gasteiger partial charge < -0.3 is 9.13 Å². The Morgan fingerprint density at radius 2 is 0.442 bits per heavy atom. The van der Waals surface area contributed by atoms with Crippen LogP contribution in [-0.2, 0) is 21.7 Å². The Labute approximate surface area is 505 Å². The summed E-state index contributed by atoms with van der Waals surface area (Å²) < 4.78 is 5.36. The van der Waals surface area contributed by atoms with Gasteiger partial charge in [-0.15, -0.1) is 0 Å². The predicted octanol–water partition coefficient (Wildman–Crippen LogP) is 22.5. The van der Waals surface area contributed by atoms with Crippen LogP contribution in [0.3, 0.4) is 0 Å². The molecule has 0 amide bonds. The lowest BCUT2D eigenvalue weighted by Gasteiger charge is -2.36. The van der Waals surface area contributed by atoms with Crippen LogP contribution in [0.5, 0.6) is 0 Å². The van der Waals surface area contributed by atoms with E-state index in [2.05, 4.69) is 203 Å². The largest absolute Gasteiger partial charge is 0.309 e. The van der Waals surface area contributed by atoms with Gasteiger partial charge in [-0.1, -0.05) is 198 Å². The van der Waals surface area contributed by atoms with Crippen molar-refractivity contribution in [1.82, 2.24) is 9.13 Å². The second-order valence-corrected chi connectivity index (χ2v) is 28.2. The number of hydrogen-bond acceptors (Lipinski definition) is 0. The molecular formula is C84H72N2. The van der Waals surface area contributed by atoms with Crippen molar-refractivity contribution in [1.29, 1.82) is 0 Å². The van der Waals surface area contributed by atoms with Crippen LogP contribution < -0.4 is 0 Å². The molecule has 2 heterocycles. The number of hydrogen-bond donors (Lipinski definition) is 0. The highest BCUT2D eigenvalue weighted by Crippen LogP contribution is 2.63. The highest BCUT2D eigenvalue weighted by molar-refractivity contribution is 6.15. The minimum atomic E-state index is 0.0780. The standard InChI is InChI=1S/C84H72N2/c1-13-37-81(38-14-1)69-25-9-5-21-57(69)61-45-65-66-46-62-58-22-6-10-26-70(58)82(39-15-2-16-40-82)74(62)50-78(66)85(77(65)49-73(61)81)55-33-29-53(30-34-55)54-31-35-56(36-32-54)86-79-51-75-63(59-23-7-11-27-71(59)83(75)41-17-3-18-42-83)47-67(79)68-48-64-60-24-8-12-28-72(60)84(43-19-4-20-44-84)76(64)52-80(68)86/h5-12,21-36,45-52H,1-4,13-20,37-44H2. The molecule has 8 aliphatic carbocycles. The van der Waals surface area contributed by atoms with Crippen LogP contribution in [0.2, 0.25) is 0 Å². The van der Waals surface area contributed by atoms with Gasteiger partial charge in [0.1, 0.15) is 0 Å². The molecule has 0 N–H and O–H groups in total. The molecule has 4 fully saturated rings. The zero-order chi connectivity index (χ0) is 56.1. The molecule has 0 aliphatic heterocycles. The molecule has 10 aromatic carbocycles. The lowest BCUT2D eigenvalue weighted by atomic mass is 9.67. The summed E-state index contributed by atoms with van der Waals surface area (Å²) in [6.45, 7) is 0. The fourth-order valence-corrected chi connectivity index (χ4v) is 20.8. The molecule has 2 heteroatoms. The molecule has 2 nitrogen and oxygen atoms in total. The third-order valence-corrected chi connectivity index (χ3v) is 24.5. The Hall–Kier alpha value is -8.20. The van der Waals surface area contributed by atoms with E-state index < -0.39 is 0 Å². The van der Waals surface area contributed by atoms with Gasteiger partial charge in [0.2, 0.25) is 0 Å². The predicted molar refractivity (Wildman–Crippen MR) is 358 cm³/mol. The summed E-state index contributed by atoms with van der Waals surface area (Å²) >= 11 is 0. The van der Waals surface area contributed by atoms with Crippen molar-refractivity contribution in [3.05, 3.63) is 239 Å². The molecule has 2 aromatic heterocycles. The van der Waals surface area contributed by atoms with Gasteiger partial charge in [-0.3, -0.25) is 0 Å². The van der Waals surface area contributed by atoms with Crippen LogP contribution in [0.15, 0.2) is 194 Å². The van der Waals surface area contributed by atoms with E-state index in [-0.39, 0.29) is 21.7 Å². The molecule has 86 heavy (non-hydrogen) atoms. The Morgan fingerprint density at radius 3 is 0.686 bits per heavy atom. The number of aromatic nitrogens is 2. The Kier molecular flexibility index (Phi) is 10.1. The van der Waals surface area contributed by atoms with E-state index in [4.69, 9.17) is 0 Å². The molecule has 12 aromatic rings. The Balaban J connectivity index is 0.751. The minimum Gasteiger partial charge on any atom is -0.309 e. The first-order chi connectivity index (χ1) is 42.5. The fraction of sp³-hybridized carbons (Fsp3) is 0.286. The molecule has 0 bridgehead atoms. The zero-order valence-corrected chi connectivity index (χ0v) is 49.5. The van der Waals surface area contributed by atoms with Crippen LogP contribution in [-0.4, -0.2) is 9.13 Å². The molecule has 0 unspecified atom stereocenters. The normalized spacial score (nSPS) is 19.3. The van der Waals surface area contributed by atoms with E-state index in [1.807, 2.05) is 0 Å². The average molecular weight is 1110 g/mol. The van der Waals surface area contributed by atoms with Crippen molar-refractivity contribution in [3.8, 4) is 67.0 Å². The SMILES string of the molecule is c1ccc2c(c1)-c1cc3c4cc5c(cc4n(-c4ccc(-c6ccc(-n7c8cc9c(cc8c8cc%10c(cc87)C7(CCCCC7)c7ccccc7-%10)-c7ccccc7C97CCCCC7)cc6)cc4)c3cc1C21CCCCC1)C1(CCCCC1)c1ccccc1-5. The van der Waals surface area contributed by atoms with E-state index in [1.165, 1.54) is 239 Å². The summed E-state index contributed by atoms with van der Waals surface area (Å²) in [7, 11) is 0. The van der Waals surface area contributed by atoms with E-state index in [0.717, 1.165) is 0 Å². The molecule has 4 saturated carbocycles. The highest BCUT2D eigenvalue weighted by atomic mass is 15.0. The number of rotatable bonds is 3. The average Bonchev–Trinajstić information content (AvgIpc) is 1.83. The van der Waals surface area contributed by atoms with Gasteiger partial charge in [-0.05, 0) is 224 Å². The first-order valence-corrected chi connectivity index (χ1v) is 33.5. The minimum absolute atomic E-state index is 0.0780. The van der Waals surface area contributed by atoms with Crippen LogP contribution in [0, 0.1) is 0 Å². The maximum absolute atomic E-state index is 2.68. The topological polar surface area (TPSA) is 9.86 Å². The number of fused-ring (bicyclic) bond motifs is 26. The smallest absolute Gasteiger partial charge is 0.0544 e.